The van der Waals surface area contributed by atoms with Crippen molar-refractivity contribution in [1.29, 1.82) is 0 Å². The third kappa shape index (κ3) is 4.75. The zero-order valence-corrected chi connectivity index (χ0v) is 17.9. The van der Waals surface area contributed by atoms with E-state index in [1.54, 1.807) is 30.3 Å². The van der Waals surface area contributed by atoms with E-state index in [1.807, 2.05) is 0 Å². The first-order valence-corrected chi connectivity index (χ1v) is 10.9. The highest BCUT2D eigenvalue weighted by atomic mass is 16.8. The van der Waals surface area contributed by atoms with Crippen LogP contribution in [-0.4, -0.2) is 48.0 Å². The maximum atomic E-state index is 13.0. The van der Waals surface area contributed by atoms with Crippen LogP contribution in [0, 0.1) is 0 Å². The van der Waals surface area contributed by atoms with Crippen molar-refractivity contribution >= 4 is 17.8 Å². The summed E-state index contributed by atoms with van der Waals surface area (Å²) in [6.45, 7) is 2.67. The predicted molar refractivity (Wildman–Crippen MR) is 109 cm³/mol. The number of hydrogen-bond donors (Lipinski definition) is 1. The van der Waals surface area contributed by atoms with Crippen molar-refractivity contribution in [2.24, 2.45) is 0 Å². The molecular formula is C23H29NO7. The smallest absolute Gasteiger partial charge is 0.352 e. The topological polar surface area (TPSA) is 100 Å². The third-order valence-electron chi connectivity index (χ3n) is 6.16. The first kappa shape index (κ1) is 21.8. The molecule has 1 spiro atoms. The first-order valence-electron chi connectivity index (χ1n) is 10.9. The van der Waals surface area contributed by atoms with Gasteiger partial charge in [0.1, 0.15) is 12.2 Å². The Bertz CT molecular complexity index is 820. The Labute approximate surface area is 181 Å². The molecule has 0 aromatic heterocycles. The SMILES string of the molecule is CC(=O)N[C@H]1[C@H]2OC3(CCCCC3)O[C@H]2C[C@H]1OC(=O)[C@@H](OC(C)=O)c1ccccc1. The molecule has 168 valence electrons. The molecule has 3 fully saturated rings. The summed E-state index contributed by atoms with van der Waals surface area (Å²) in [5.74, 6) is -2.10. The van der Waals surface area contributed by atoms with Crippen LogP contribution in [0.3, 0.4) is 0 Å². The molecule has 1 saturated heterocycles. The molecule has 1 aromatic rings. The summed E-state index contributed by atoms with van der Waals surface area (Å²) in [5.41, 5.74) is 0.519. The van der Waals surface area contributed by atoms with Crippen molar-refractivity contribution in [3.8, 4) is 0 Å². The average Bonchev–Trinajstić information content (AvgIpc) is 3.21. The number of esters is 2. The minimum atomic E-state index is -1.18. The Morgan fingerprint density at radius 2 is 1.77 bits per heavy atom. The van der Waals surface area contributed by atoms with E-state index in [1.165, 1.54) is 13.8 Å². The second-order valence-electron chi connectivity index (χ2n) is 8.55. The van der Waals surface area contributed by atoms with Crippen LogP contribution in [0.25, 0.3) is 0 Å². The Morgan fingerprint density at radius 3 is 2.42 bits per heavy atom. The van der Waals surface area contributed by atoms with E-state index >= 15 is 0 Å². The second-order valence-corrected chi connectivity index (χ2v) is 8.55. The Hall–Kier alpha value is -2.45. The fourth-order valence-corrected chi connectivity index (χ4v) is 4.88. The second kappa shape index (κ2) is 8.96. The monoisotopic (exact) mass is 431 g/mol. The van der Waals surface area contributed by atoms with Crippen molar-refractivity contribution in [1.82, 2.24) is 5.32 Å². The number of fused-ring (bicyclic) bond motifs is 1. The fraction of sp³-hybridized carbons (Fsp3) is 0.609. The number of ether oxygens (including phenoxy) is 4. The molecule has 0 bridgehead atoms. The minimum absolute atomic E-state index is 0.237. The summed E-state index contributed by atoms with van der Waals surface area (Å²) < 4.78 is 23.6. The van der Waals surface area contributed by atoms with E-state index in [2.05, 4.69) is 5.32 Å². The lowest BCUT2D eigenvalue weighted by atomic mass is 9.94. The third-order valence-corrected chi connectivity index (χ3v) is 6.16. The van der Waals surface area contributed by atoms with Gasteiger partial charge in [0.25, 0.3) is 0 Å². The van der Waals surface area contributed by atoms with E-state index in [-0.39, 0.29) is 18.1 Å². The van der Waals surface area contributed by atoms with E-state index in [4.69, 9.17) is 18.9 Å². The van der Waals surface area contributed by atoms with Gasteiger partial charge < -0.3 is 24.3 Å². The Kier molecular flexibility index (Phi) is 6.29. The molecule has 2 saturated carbocycles. The number of benzene rings is 1. The molecule has 1 N–H and O–H groups in total. The Morgan fingerprint density at radius 1 is 1.06 bits per heavy atom. The molecule has 0 unspecified atom stereocenters. The number of nitrogens with one attached hydrogen (secondary N) is 1. The molecule has 31 heavy (non-hydrogen) atoms. The summed E-state index contributed by atoms with van der Waals surface area (Å²) in [7, 11) is 0. The van der Waals surface area contributed by atoms with Gasteiger partial charge in [-0.3, -0.25) is 9.59 Å². The summed E-state index contributed by atoms with van der Waals surface area (Å²) in [6, 6.07) is 8.18. The van der Waals surface area contributed by atoms with Gasteiger partial charge in [-0.1, -0.05) is 36.8 Å². The van der Waals surface area contributed by atoms with Crippen LogP contribution in [0.2, 0.25) is 0 Å². The van der Waals surface area contributed by atoms with Gasteiger partial charge in [0.15, 0.2) is 5.79 Å². The number of carbonyl (C=O) groups excluding carboxylic acids is 3. The summed E-state index contributed by atoms with van der Waals surface area (Å²) in [6.07, 6.45) is 2.85. The van der Waals surface area contributed by atoms with Crippen LogP contribution >= 0.6 is 0 Å². The number of carbonyl (C=O) groups is 3. The maximum Gasteiger partial charge on any atom is 0.352 e. The van der Waals surface area contributed by atoms with Crippen LogP contribution in [-0.2, 0) is 33.3 Å². The first-order chi connectivity index (χ1) is 14.9. The molecule has 8 heteroatoms. The standard InChI is InChI=1S/C23H29NO7/c1-14(25)24-19-17(13-18-21(19)31-23(30-18)11-7-4-8-12-23)29-22(27)20(28-15(2)26)16-9-5-3-6-10-16/h3,5-6,9-10,17-21H,4,7-8,11-13H2,1-2H3,(H,24,25)/t17-,18+,19-,20+,21+/m1/s1. The quantitative estimate of drug-likeness (QED) is 0.715. The highest BCUT2D eigenvalue weighted by molar-refractivity contribution is 5.80. The molecule has 2 aliphatic carbocycles. The van der Waals surface area contributed by atoms with Gasteiger partial charge >= 0.3 is 11.9 Å². The zero-order chi connectivity index (χ0) is 22.0. The molecule has 1 aliphatic heterocycles. The summed E-state index contributed by atoms with van der Waals surface area (Å²) >= 11 is 0. The average molecular weight is 431 g/mol. The lowest BCUT2D eigenvalue weighted by Gasteiger charge is -2.34. The van der Waals surface area contributed by atoms with Crippen molar-refractivity contribution in [3.63, 3.8) is 0 Å². The van der Waals surface area contributed by atoms with Crippen molar-refractivity contribution < 1.29 is 33.3 Å². The molecule has 8 nitrogen and oxygen atoms in total. The molecule has 1 aromatic carbocycles. The Balaban J connectivity index is 1.49. The van der Waals surface area contributed by atoms with E-state index in [0.29, 0.717) is 12.0 Å². The van der Waals surface area contributed by atoms with Gasteiger partial charge in [0, 0.05) is 38.7 Å². The lowest BCUT2D eigenvalue weighted by molar-refractivity contribution is -0.208. The molecule has 4 rings (SSSR count). The molecule has 5 atom stereocenters. The molecule has 1 amide bonds. The van der Waals surface area contributed by atoms with Gasteiger partial charge in [-0.25, -0.2) is 4.79 Å². The van der Waals surface area contributed by atoms with Crippen molar-refractivity contribution in [2.75, 3.05) is 0 Å². The van der Waals surface area contributed by atoms with E-state index in [9.17, 15) is 14.4 Å². The van der Waals surface area contributed by atoms with Gasteiger partial charge in [-0.2, -0.15) is 0 Å². The van der Waals surface area contributed by atoms with E-state index < -0.39 is 36.0 Å². The normalized spacial score (nSPS) is 29.7. The molecule has 1 heterocycles. The highest BCUT2D eigenvalue weighted by Gasteiger charge is 2.58. The van der Waals surface area contributed by atoms with Gasteiger partial charge in [0.2, 0.25) is 12.0 Å². The maximum absolute atomic E-state index is 13.0. The minimum Gasteiger partial charge on any atom is -0.457 e. The number of hydrogen-bond acceptors (Lipinski definition) is 7. The predicted octanol–water partition coefficient (Wildman–Crippen LogP) is 2.56. The van der Waals surface area contributed by atoms with Crippen molar-refractivity contribution in [3.05, 3.63) is 35.9 Å². The highest BCUT2D eigenvalue weighted by Crippen LogP contribution is 2.46. The van der Waals surface area contributed by atoms with Crippen molar-refractivity contribution in [2.45, 2.75) is 88.6 Å². The van der Waals surface area contributed by atoms with Gasteiger partial charge in [0.05, 0.1) is 12.1 Å². The van der Waals surface area contributed by atoms with Gasteiger partial charge in [-0.05, 0) is 12.8 Å². The van der Waals surface area contributed by atoms with E-state index in [0.717, 1.165) is 32.1 Å². The van der Waals surface area contributed by atoms with Crippen LogP contribution in [0.15, 0.2) is 30.3 Å². The van der Waals surface area contributed by atoms with Crippen LogP contribution in [0.4, 0.5) is 0 Å². The van der Waals surface area contributed by atoms with Crippen LogP contribution in [0.5, 0.6) is 0 Å². The summed E-state index contributed by atoms with van der Waals surface area (Å²) in [4.78, 5) is 36.4. The van der Waals surface area contributed by atoms with Gasteiger partial charge in [-0.15, -0.1) is 0 Å². The van der Waals surface area contributed by atoms with Crippen LogP contribution in [0.1, 0.15) is 64.0 Å². The summed E-state index contributed by atoms with van der Waals surface area (Å²) in [5, 5.41) is 2.88. The van der Waals surface area contributed by atoms with Crippen LogP contribution < -0.4 is 5.32 Å². The number of amides is 1. The molecular weight excluding hydrogens is 402 g/mol. The largest absolute Gasteiger partial charge is 0.457 e. The molecule has 3 aliphatic rings. The fourth-order valence-electron chi connectivity index (χ4n) is 4.88. The lowest BCUT2D eigenvalue weighted by Crippen LogP contribution is -2.49. The number of rotatable bonds is 5. The zero-order valence-electron chi connectivity index (χ0n) is 17.9. The molecule has 0 radical (unpaired) electrons.